The first-order chi connectivity index (χ1) is 7.11. The van der Waals surface area contributed by atoms with Crippen molar-refractivity contribution >= 4 is 21.7 Å². The number of hydrogen-bond acceptors (Lipinski definition) is 2. The van der Waals surface area contributed by atoms with Gasteiger partial charge in [-0.2, -0.15) is 0 Å². The quantitative estimate of drug-likeness (QED) is 0.662. The number of carbonyl (C=O) groups excluding carboxylic acids is 1. The molecule has 0 aromatic heterocycles. The van der Waals surface area contributed by atoms with Gasteiger partial charge < -0.3 is 5.32 Å². The Bertz CT molecular complexity index is 418. The van der Waals surface area contributed by atoms with Crippen molar-refractivity contribution in [1.29, 1.82) is 0 Å². The zero-order chi connectivity index (χ0) is 11.0. The van der Waals surface area contributed by atoms with Crippen LogP contribution in [0.3, 0.4) is 0 Å². The average molecular weight is 276 g/mol. The third-order valence-corrected chi connectivity index (χ3v) is 3.06. The van der Waals surface area contributed by atoms with E-state index in [9.17, 15) is 13.6 Å². The standard InChI is InChI=1S/C10H8BrF2NO/c11-6-1-2-7(12)8(9(6)13)10(15)5-3-14-4-5/h1-2,5,14H,3-4H2. The summed E-state index contributed by atoms with van der Waals surface area (Å²) in [6, 6.07) is 2.34. The monoisotopic (exact) mass is 275 g/mol. The molecule has 2 nitrogen and oxygen atoms in total. The largest absolute Gasteiger partial charge is 0.315 e. The van der Waals surface area contributed by atoms with E-state index in [1.54, 1.807) is 0 Å². The highest BCUT2D eigenvalue weighted by Gasteiger charge is 2.30. The third kappa shape index (κ3) is 1.81. The van der Waals surface area contributed by atoms with Gasteiger partial charge in [0.05, 0.1) is 10.0 Å². The molecule has 0 bridgehead atoms. The summed E-state index contributed by atoms with van der Waals surface area (Å²) in [4.78, 5) is 11.7. The zero-order valence-electron chi connectivity index (χ0n) is 7.69. The lowest BCUT2D eigenvalue weighted by Gasteiger charge is -2.25. The first kappa shape index (κ1) is 10.7. The highest BCUT2D eigenvalue weighted by atomic mass is 79.9. The Labute approximate surface area is 93.8 Å². The second kappa shape index (κ2) is 3.98. The van der Waals surface area contributed by atoms with E-state index in [0.29, 0.717) is 13.1 Å². The van der Waals surface area contributed by atoms with Crippen LogP contribution in [-0.2, 0) is 0 Å². The highest BCUT2D eigenvalue weighted by molar-refractivity contribution is 9.10. The van der Waals surface area contributed by atoms with Crippen LogP contribution < -0.4 is 5.32 Å². The van der Waals surface area contributed by atoms with Crippen molar-refractivity contribution in [1.82, 2.24) is 5.32 Å². The second-order valence-electron chi connectivity index (χ2n) is 3.44. The lowest BCUT2D eigenvalue weighted by atomic mass is 9.92. The number of ketones is 1. The average Bonchev–Trinajstić information content (AvgIpc) is 2.09. The number of rotatable bonds is 2. The molecular formula is C10H8BrF2NO. The third-order valence-electron chi connectivity index (χ3n) is 2.44. The molecule has 0 unspecified atom stereocenters. The Hall–Kier alpha value is -0.810. The Morgan fingerprint density at radius 2 is 2.07 bits per heavy atom. The molecule has 0 saturated carbocycles. The minimum atomic E-state index is -0.813. The van der Waals surface area contributed by atoms with Gasteiger partial charge in [-0.1, -0.05) is 0 Å². The van der Waals surface area contributed by atoms with Gasteiger partial charge in [-0.05, 0) is 28.1 Å². The molecule has 1 fully saturated rings. The first-order valence-electron chi connectivity index (χ1n) is 4.49. The maximum Gasteiger partial charge on any atom is 0.174 e. The summed E-state index contributed by atoms with van der Waals surface area (Å²) in [7, 11) is 0. The van der Waals surface area contributed by atoms with Crippen molar-refractivity contribution in [3.63, 3.8) is 0 Å². The normalized spacial score (nSPS) is 16.2. The summed E-state index contributed by atoms with van der Waals surface area (Å²) in [5, 5.41) is 2.89. The molecule has 80 valence electrons. The van der Waals surface area contributed by atoms with Crippen LogP contribution in [0, 0.1) is 17.6 Å². The van der Waals surface area contributed by atoms with Crippen molar-refractivity contribution in [2.75, 3.05) is 13.1 Å². The molecule has 0 atom stereocenters. The van der Waals surface area contributed by atoms with Gasteiger partial charge in [0.1, 0.15) is 5.82 Å². The van der Waals surface area contributed by atoms with E-state index in [-0.39, 0.29) is 10.4 Å². The minimum Gasteiger partial charge on any atom is -0.315 e. The van der Waals surface area contributed by atoms with Crippen molar-refractivity contribution in [3.8, 4) is 0 Å². The molecule has 0 spiro atoms. The fourth-order valence-electron chi connectivity index (χ4n) is 1.43. The van der Waals surface area contributed by atoms with E-state index in [1.165, 1.54) is 6.07 Å². The number of nitrogens with one attached hydrogen (secondary N) is 1. The van der Waals surface area contributed by atoms with Gasteiger partial charge in [0.25, 0.3) is 0 Å². The fourth-order valence-corrected chi connectivity index (χ4v) is 1.76. The summed E-state index contributed by atoms with van der Waals surface area (Å²) in [5.74, 6) is -2.38. The summed E-state index contributed by atoms with van der Waals surface area (Å²) in [6.45, 7) is 0.981. The highest BCUT2D eigenvalue weighted by Crippen LogP contribution is 2.24. The van der Waals surface area contributed by atoms with Gasteiger partial charge in [0.15, 0.2) is 11.6 Å². The predicted molar refractivity (Wildman–Crippen MR) is 54.7 cm³/mol. The van der Waals surface area contributed by atoms with E-state index < -0.39 is 23.0 Å². The van der Waals surface area contributed by atoms with Crippen LogP contribution in [0.4, 0.5) is 8.78 Å². The van der Waals surface area contributed by atoms with Crippen molar-refractivity contribution < 1.29 is 13.6 Å². The maximum absolute atomic E-state index is 13.5. The van der Waals surface area contributed by atoms with Crippen LogP contribution in [0.5, 0.6) is 0 Å². The molecule has 15 heavy (non-hydrogen) atoms. The summed E-state index contributed by atoms with van der Waals surface area (Å²) in [5.41, 5.74) is -0.434. The van der Waals surface area contributed by atoms with E-state index in [4.69, 9.17) is 0 Å². The summed E-state index contributed by atoms with van der Waals surface area (Å²) < 4.78 is 26.9. The molecule has 1 aromatic rings. The topological polar surface area (TPSA) is 29.1 Å². The van der Waals surface area contributed by atoms with E-state index >= 15 is 0 Å². The molecule has 1 N–H and O–H groups in total. The van der Waals surface area contributed by atoms with Gasteiger partial charge in [0.2, 0.25) is 0 Å². The SMILES string of the molecule is O=C(c1c(F)ccc(Br)c1F)C1CNC1. The van der Waals surface area contributed by atoms with Gasteiger partial charge in [-0.15, -0.1) is 0 Å². The Kier molecular flexibility index (Phi) is 2.84. The molecule has 0 amide bonds. The Balaban J connectivity index is 2.41. The zero-order valence-corrected chi connectivity index (χ0v) is 9.27. The summed E-state index contributed by atoms with van der Waals surface area (Å²) >= 11 is 2.93. The van der Waals surface area contributed by atoms with E-state index in [1.807, 2.05) is 0 Å². The number of Topliss-reactive ketones (excluding diaryl/α,β-unsaturated/α-hetero) is 1. The maximum atomic E-state index is 13.5. The molecule has 0 radical (unpaired) electrons. The van der Waals surface area contributed by atoms with Crippen LogP contribution in [0.25, 0.3) is 0 Å². The van der Waals surface area contributed by atoms with Crippen molar-refractivity contribution in [2.45, 2.75) is 0 Å². The number of halogens is 3. The molecule has 1 heterocycles. The molecule has 1 aliphatic heterocycles. The van der Waals surface area contributed by atoms with Crippen LogP contribution >= 0.6 is 15.9 Å². The fraction of sp³-hybridized carbons (Fsp3) is 0.300. The predicted octanol–water partition coefficient (Wildman–Crippen LogP) is 2.13. The van der Waals surface area contributed by atoms with Crippen molar-refractivity contribution in [3.05, 3.63) is 33.8 Å². The second-order valence-corrected chi connectivity index (χ2v) is 4.29. The van der Waals surface area contributed by atoms with Gasteiger partial charge in [-0.25, -0.2) is 8.78 Å². The molecule has 0 aliphatic carbocycles. The molecule has 1 saturated heterocycles. The number of hydrogen-bond donors (Lipinski definition) is 1. The van der Waals surface area contributed by atoms with Gasteiger partial charge in [0, 0.05) is 19.0 Å². The van der Waals surface area contributed by atoms with Crippen LogP contribution in [0.2, 0.25) is 0 Å². The smallest absolute Gasteiger partial charge is 0.174 e. The number of carbonyl (C=O) groups is 1. The molecule has 1 aromatic carbocycles. The summed E-state index contributed by atoms with van der Waals surface area (Å²) in [6.07, 6.45) is 0. The Morgan fingerprint density at radius 3 is 2.60 bits per heavy atom. The van der Waals surface area contributed by atoms with Crippen LogP contribution in [-0.4, -0.2) is 18.9 Å². The van der Waals surface area contributed by atoms with E-state index in [2.05, 4.69) is 21.2 Å². The Morgan fingerprint density at radius 1 is 1.40 bits per heavy atom. The lowest BCUT2D eigenvalue weighted by Crippen LogP contribution is -2.47. The van der Waals surface area contributed by atoms with Crippen molar-refractivity contribution in [2.24, 2.45) is 5.92 Å². The van der Waals surface area contributed by atoms with Gasteiger partial charge in [-0.3, -0.25) is 4.79 Å². The van der Waals surface area contributed by atoms with E-state index in [0.717, 1.165) is 6.07 Å². The first-order valence-corrected chi connectivity index (χ1v) is 5.29. The number of benzene rings is 1. The molecule has 5 heteroatoms. The minimum absolute atomic E-state index is 0.111. The molecular weight excluding hydrogens is 268 g/mol. The van der Waals surface area contributed by atoms with Crippen LogP contribution in [0.15, 0.2) is 16.6 Å². The van der Waals surface area contributed by atoms with Crippen LogP contribution in [0.1, 0.15) is 10.4 Å². The lowest BCUT2D eigenvalue weighted by molar-refractivity contribution is 0.0869. The van der Waals surface area contributed by atoms with Gasteiger partial charge >= 0.3 is 0 Å². The molecule has 2 rings (SSSR count). The molecule has 1 aliphatic rings.